The summed E-state index contributed by atoms with van der Waals surface area (Å²) in [5.74, 6) is -0.564. The number of aromatic nitrogens is 5. The van der Waals surface area contributed by atoms with Gasteiger partial charge < -0.3 is 5.73 Å². The van der Waals surface area contributed by atoms with E-state index < -0.39 is 5.91 Å². The first kappa shape index (κ1) is 10.9. The lowest BCUT2D eigenvalue weighted by Gasteiger charge is -2.11. The molecule has 0 bridgehead atoms. The Balaban J connectivity index is 1.79. The second-order valence-electron chi connectivity index (χ2n) is 4.47. The van der Waals surface area contributed by atoms with Gasteiger partial charge in [0, 0.05) is 12.2 Å². The highest BCUT2D eigenvalue weighted by Crippen LogP contribution is 2.15. The lowest BCUT2D eigenvalue weighted by molar-refractivity contribution is 0.0995. The smallest absolute Gasteiger partial charge is 0.270 e. The topological polar surface area (TPSA) is 91.6 Å². The number of nitrogens with zero attached hydrogens (tertiary/aromatic N) is 5. The van der Waals surface area contributed by atoms with Gasteiger partial charge in [-0.05, 0) is 25.3 Å². The third kappa shape index (κ3) is 1.99. The Morgan fingerprint density at radius 1 is 1.44 bits per heavy atom. The van der Waals surface area contributed by atoms with Crippen molar-refractivity contribution in [3.05, 3.63) is 29.3 Å². The molecule has 0 aliphatic carbocycles. The summed E-state index contributed by atoms with van der Waals surface area (Å²) in [5.41, 5.74) is 7.51. The van der Waals surface area contributed by atoms with E-state index in [1.807, 2.05) is 4.68 Å². The number of primary amides is 1. The highest BCUT2D eigenvalue weighted by atomic mass is 16.1. The number of rotatable bonds is 3. The van der Waals surface area contributed by atoms with Crippen molar-refractivity contribution in [2.24, 2.45) is 5.73 Å². The quantitative estimate of drug-likeness (QED) is 0.822. The highest BCUT2D eigenvalue weighted by Gasteiger charge is 2.13. The van der Waals surface area contributed by atoms with Crippen LogP contribution in [0.2, 0.25) is 0 Å². The zero-order valence-electron chi connectivity index (χ0n) is 9.91. The maximum atomic E-state index is 10.9. The average molecular weight is 246 g/mol. The van der Waals surface area contributed by atoms with Gasteiger partial charge in [-0.1, -0.05) is 5.21 Å². The van der Waals surface area contributed by atoms with Gasteiger partial charge in [0.2, 0.25) is 0 Å². The van der Waals surface area contributed by atoms with Crippen LogP contribution >= 0.6 is 0 Å². The van der Waals surface area contributed by atoms with Crippen molar-refractivity contribution in [3.63, 3.8) is 0 Å². The number of aryl methyl sites for hydroxylation is 2. The zero-order chi connectivity index (χ0) is 12.5. The lowest BCUT2D eigenvalue weighted by Crippen LogP contribution is -2.11. The molecule has 2 N–H and O–H groups in total. The van der Waals surface area contributed by atoms with Crippen LogP contribution in [0.25, 0.3) is 0 Å². The standard InChI is InChI=1S/C11H14N6O/c12-11(18)10-7-16(15-13-10)6-8-5-9-3-1-2-4-17(9)14-8/h5,7H,1-4,6H2,(H2,12,18). The Labute approximate surface area is 104 Å². The van der Waals surface area contributed by atoms with Crippen LogP contribution in [-0.4, -0.2) is 30.7 Å². The monoisotopic (exact) mass is 246 g/mol. The molecule has 3 heterocycles. The molecule has 3 rings (SSSR count). The van der Waals surface area contributed by atoms with Crippen molar-refractivity contribution in [2.75, 3.05) is 0 Å². The molecule has 1 amide bonds. The molecule has 18 heavy (non-hydrogen) atoms. The summed E-state index contributed by atoms with van der Waals surface area (Å²) in [5, 5.41) is 12.1. The van der Waals surface area contributed by atoms with E-state index in [0.717, 1.165) is 18.7 Å². The van der Waals surface area contributed by atoms with Gasteiger partial charge in [0.15, 0.2) is 5.69 Å². The van der Waals surface area contributed by atoms with Crippen LogP contribution in [0.15, 0.2) is 12.3 Å². The summed E-state index contributed by atoms with van der Waals surface area (Å²) in [6, 6.07) is 2.09. The summed E-state index contributed by atoms with van der Waals surface area (Å²) >= 11 is 0. The van der Waals surface area contributed by atoms with Crippen LogP contribution in [0.1, 0.15) is 34.7 Å². The molecule has 0 radical (unpaired) electrons. The number of fused-ring (bicyclic) bond motifs is 1. The molecule has 2 aromatic rings. The van der Waals surface area contributed by atoms with Crippen LogP contribution in [0, 0.1) is 0 Å². The lowest BCUT2D eigenvalue weighted by atomic mass is 10.1. The van der Waals surface area contributed by atoms with Crippen LogP contribution in [-0.2, 0) is 19.5 Å². The Bertz CT molecular complexity index is 561. The zero-order valence-corrected chi connectivity index (χ0v) is 9.91. The van der Waals surface area contributed by atoms with Gasteiger partial charge >= 0.3 is 0 Å². The van der Waals surface area contributed by atoms with Crippen LogP contribution in [0.4, 0.5) is 0 Å². The minimum absolute atomic E-state index is 0.180. The number of hydrogen-bond donors (Lipinski definition) is 1. The molecule has 94 valence electrons. The highest BCUT2D eigenvalue weighted by molar-refractivity contribution is 5.90. The number of amides is 1. The van der Waals surface area contributed by atoms with Gasteiger partial charge in [0.25, 0.3) is 5.91 Å². The molecule has 7 heteroatoms. The summed E-state index contributed by atoms with van der Waals surface area (Å²) in [7, 11) is 0. The van der Waals surface area contributed by atoms with Crippen molar-refractivity contribution in [1.82, 2.24) is 24.8 Å². The van der Waals surface area contributed by atoms with Gasteiger partial charge in [0.05, 0.1) is 18.4 Å². The van der Waals surface area contributed by atoms with Gasteiger partial charge in [-0.15, -0.1) is 5.10 Å². The van der Waals surface area contributed by atoms with Crippen LogP contribution in [0.5, 0.6) is 0 Å². The Morgan fingerprint density at radius 3 is 3.06 bits per heavy atom. The van der Waals surface area contributed by atoms with E-state index >= 15 is 0 Å². The van der Waals surface area contributed by atoms with Crippen molar-refractivity contribution < 1.29 is 4.79 Å². The molecule has 0 aromatic carbocycles. The van der Waals surface area contributed by atoms with E-state index in [1.54, 1.807) is 10.9 Å². The molecule has 0 unspecified atom stereocenters. The number of nitrogens with two attached hydrogens (primary N) is 1. The van der Waals surface area contributed by atoms with Gasteiger partial charge in [-0.3, -0.25) is 9.48 Å². The predicted octanol–water partition coefficient (Wildman–Crippen LogP) is -0.0419. The Kier molecular flexibility index (Phi) is 2.58. The Hall–Kier alpha value is -2.18. The maximum absolute atomic E-state index is 10.9. The number of hydrogen-bond acceptors (Lipinski definition) is 4. The summed E-state index contributed by atoms with van der Waals surface area (Å²) in [4.78, 5) is 10.9. The molecule has 7 nitrogen and oxygen atoms in total. The first-order valence-corrected chi connectivity index (χ1v) is 5.98. The minimum atomic E-state index is -0.564. The van der Waals surface area contributed by atoms with Crippen molar-refractivity contribution in [2.45, 2.75) is 32.4 Å². The molecular formula is C11H14N6O. The van der Waals surface area contributed by atoms with Crippen molar-refractivity contribution in [1.29, 1.82) is 0 Å². The second-order valence-corrected chi connectivity index (χ2v) is 4.47. The molecule has 1 aliphatic rings. The molecular weight excluding hydrogens is 232 g/mol. The van der Waals surface area contributed by atoms with Crippen molar-refractivity contribution in [3.8, 4) is 0 Å². The molecule has 0 saturated carbocycles. The third-order valence-electron chi connectivity index (χ3n) is 3.08. The van der Waals surface area contributed by atoms with Gasteiger partial charge in [0.1, 0.15) is 0 Å². The molecule has 0 atom stereocenters. The fourth-order valence-corrected chi connectivity index (χ4v) is 2.21. The van der Waals surface area contributed by atoms with E-state index in [0.29, 0.717) is 6.54 Å². The molecule has 1 aliphatic heterocycles. The molecule has 2 aromatic heterocycles. The fourth-order valence-electron chi connectivity index (χ4n) is 2.21. The molecule has 0 spiro atoms. The first-order valence-electron chi connectivity index (χ1n) is 5.98. The number of carbonyl (C=O) groups excluding carboxylic acids is 1. The van der Waals surface area contributed by atoms with E-state index in [9.17, 15) is 4.79 Å². The van der Waals surface area contributed by atoms with Gasteiger partial charge in [-0.25, -0.2) is 4.68 Å². The first-order chi connectivity index (χ1) is 8.72. The minimum Gasteiger partial charge on any atom is -0.364 e. The van der Waals surface area contributed by atoms with E-state index in [1.165, 1.54) is 18.5 Å². The maximum Gasteiger partial charge on any atom is 0.270 e. The van der Waals surface area contributed by atoms with E-state index in [-0.39, 0.29) is 5.69 Å². The molecule has 0 saturated heterocycles. The van der Waals surface area contributed by atoms with Crippen LogP contribution < -0.4 is 5.73 Å². The van der Waals surface area contributed by atoms with Crippen LogP contribution in [0.3, 0.4) is 0 Å². The van der Waals surface area contributed by atoms with E-state index in [4.69, 9.17) is 5.73 Å². The summed E-state index contributed by atoms with van der Waals surface area (Å²) in [6.45, 7) is 1.50. The largest absolute Gasteiger partial charge is 0.364 e. The SMILES string of the molecule is NC(=O)c1cn(Cc2cc3n(n2)CCCC3)nn1. The summed E-state index contributed by atoms with van der Waals surface area (Å²) in [6.07, 6.45) is 5.03. The second kappa shape index (κ2) is 4.25. The van der Waals surface area contributed by atoms with Crippen molar-refractivity contribution >= 4 is 5.91 Å². The third-order valence-corrected chi connectivity index (χ3v) is 3.08. The average Bonchev–Trinajstić information content (AvgIpc) is 2.94. The Morgan fingerprint density at radius 2 is 2.33 bits per heavy atom. The normalized spacial score (nSPS) is 14.4. The fraction of sp³-hybridized carbons (Fsp3) is 0.455. The molecule has 0 fully saturated rings. The van der Waals surface area contributed by atoms with E-state index in [2.05, 4.69) is 21.5 Å². The van der Waals surface area contributed by atoms with Gasteiger partial charge in [-0.2, -0.15) is 5.10 Å². The predicted molar refractivity (Wildman–Crippen MR) is 62.8 cm³/mol. The summed E-state index contributed by atoms with van der Waals surface area (Å²) < 4.78 is 3.62. The number of carbonyl (C=O) groups is 1.